The van der Waals surface area contributed by atoms with E-state index >= 15 is 0 Å². The summed E-state index contributed by atoms with van der Waals surface area (Å²) in [5, 5.41) is 17.0. The first-order chi connectivity index (χ1) is 8.60. The van der Waals surface area contributed by atoms with Crippen LogP contribution in [0.15, 0.2) is 21.6 Å². The van der Waals surface area contributed by atoms with Gasteiger partial charge in [0.1, 0.15) is 12.4 Å². The molecule has 0 aliphatic heterocycles. The van der Waals surface area contributed by atoms with E-state index in [4.69, 9.17) is 19.4 Å². The normalized spacial score (nSPS) is 11.9. The van der Waals surface area contributed by atoms with E-state index < -0.39 is 10.0 Å². The van der Waals surface area contributed by atoms with Crippen LogP contribution in [0, 0.1) is 0 Å². The number of ether oxygens (including phenoxy) is 1. The van der Waals surface area contributed by atoms with Gasteiger partial charge in [-0.2, -0.15) is 0 Å². The molecule has 1 heterocycles. The van der Waals surface area contributed by atoms with Crippen molar-refractivity contribution >= 4 is 10.0 Å². The summed E-state index contributed by atoms with van der Waals surface area (Å²) in [7, 11) is -3.68. The minimum absolute atomic E-state index is 0.0535. The molecule has 8 heteroatoms. The molecule has 0 unspecified atom stereocenters. The predicted molar refractivity (Wildman–Crippen MR) is 62.3 cm³/mol. The molecule has 0 saturated heterocycles. The van der Waals surface area contributed by atoms with Crippen LogP contribution in [0.25, 0.3) is 0 Å². The third-order valence-corrected chi connectivity index (χ3v) is 3.38. The Morgan fingerprint density at radius 1 is 1.28 bits per heavy atom. The van der Waals surface area contributed by atoms with E-state index in [9.17, 15) is 8.42 Å². The Morgan fingerprint density at radius 3 is 2.67 bits per heavy atom. The van der Waals surface area contributed by atoms with E-state index in [1.807, 2.05) is 0 Å². The highest BCUT2D eigenvalue weighted by Gasteiger charge is 2.17. The maximum atomic E-state index is 11.7. The predicted octanol–water partition coefficient (Wildman–Crippen LogP) is -0.551. The Hall–Kier alpha value is -0.930. The molecule has 1 aromatic heterocycles. The summed E-state index contributed by atoms with van der Waals surface area (Å²) in [5.74, 6) is 0.196. The van der Waals surface area contributed by atoms with Crippen LogP contribution >= 0.6 is 0 Å². The topological polar surface area (TPSA) is 109 Å². The van der Waals surface area contributed by atoms with Crippen molar-refractivity contribution in [1.29, 1.82) is 0 Å². The van der Waals surface area contributed by atoms with Gasteiger partial charge in [0.05, 0.1) is 13.2 Å². The van der Waals surface area contributed by atoms with Gasteiger partial charge in [-0.25, -0.2) is 13.1 Å². The fourth-order valence-electron chi connectivity index (χ4n) is 1.21. The monoisotopic (exact) mass is 279 g/mol. The zero-order valence-corrected chi connectivity index (χ0v) is 10.6. The summed E-state index contributed by atoms with van der Waals surface area (Å²) in [5.41, 5.74) is 0. The molecule has 0 spiro atoms. The minimum atomic E-state index is -3.68. The van der Waals surface area contributed by atoms with E-state index in [1.54, 1.807) is 0 Å². The standard InChI is InChI=1S/C10H17NO6S/c12-5-7-16-6-1-4-11-18(14,15)10-3-2-9(8-13)17-10/h2-3,11-13H,1,4-8H2. The highest BCUT2D eigenvalue weighted by Crippen LogP contribution is 2.13. The van der Waals surface area contributed by atoms with E-state index in [2.05, 4.69) is 4.72 Å². The number of hydrogen-bond acceptors (Lipinski definition) is 6. The van der Waals surface area contributed by atoms with Crippen LogP contribution in [0.2, 0.25) is 0 Å². The molecule has 104 valence electrons. The quantitative estimate of drug-likeness (QED) is 0.523. The lowest BCUT2D eigenvalue weighted by Crippen LogP contribution is -2.25. The third-order valence-electron chi connectivity index (χ3n) is 2.05. The summed E-state index contributed by atoms with van der Waals surface area (Å²) in [6, 6.07) is 2.69. The maximum Gasteiger partial charge on any atom is 0.273 e. The molecule has 1 aromatic rings. The Bertz CT molecular complexity index is 441. The summed E-state index contributed by atoms with van der Waals surface area (Å²) >= 11 is 0. The van der Waals surface area contributed by atoms with Crippen molar-refractivity contribution in [2.45, 2.75) is 18.1 Å². The smallest absolute Gasteiger partial charge is 0.273 e. The molecule has 0 atom stereocenters. The number of rotatable bonds is 9. The van der Waals surface area contributed by atoms with E-state index in [-0.39, 0.29) is 37.2 Å². The Labute approximate surface area is 105 Å². The first kappa shape index (κ1) is 15.1. The molecule has 7 nitrogen and oxygen atoms in total. The Morgan fingerprint density at radius 2 is 2.06 bits per heavy atom. The van der Waals surface area contributed by atoms with Crippen LogP contribution in [0.1, 0.15) is 12.2 Å². The van der Waals surface area contributed by atoms with Crippen molar-refractivity contribution in [3.05, 3.63) is 17.9 Å². The first-order valence-corrected chi connectivity index (χ1v) is 6.96. The molecular formula is C10H17NO6S. The highest BCUT2D eigenvalue weighted by atomic mass is 32.2. The van der Waals surface area contributed by atoms with Crippen LogP contribution in [-0.4, -0.2) is 45.0 Å². The second-order valence-corrected chi connectivity index (χ2v) is 5.16. The molecule has 0 bridgehead atoms. The second-order valence-electron chi connectivity index (χ2n) is 3.47. The van der Waals surface area contributed by atoms with Crippen molar-refractivity contribution in [3.8, 4) is 0 Å². The first-order valence-electron chi connectivity index (χ1n) is 5.48. The molecule has 3 N–H and O–H groups in total. The van der Waals surface area contributed by atoms with E-state index in [1.165, 1.54) is 12.1 Å². The van der Waals surface area contributed by atoms with Gasteiger partial charge >= 0.3 is 0 Å². The van der Waals surface area contributed by atoms with Gasteiger partial charge in [0.25, 0.3) is 10.0 Å². The van der Waals surface area contributed by atoms with E-state index in [0.717, 1.165) is 0 Å². The number of aliphatic hydroxyl groups is 2. The molecule has 0 aliphatic rings. The van der Waals surface area contributed by atoms with Gasteiger partial charge in [-0.15, -0.1) is 0 Å². The minimum Gasteiger partial charge on any atom is -0.446 e. The van der Waals surface area contributed by atoms with Crippen molar-refractivity contribution in [2.24, 2.45) is 0 Å². The summed E-state index contributed by atoms with van der Waals surface area (Å²) in [4.78, 5) is 0. The van der Waals surface area contributed by atoms with Gasteiger partial charge in [-0.3, -0.25) is 0 Å². The van der Waals surface area contributed by atoms with Gasteiger partial charge < -0.3 is 19.4 Å². The second kappa shape index (κ2) is 7.49. The third kappa shape index (κ3) is 4.75. The lowest BCUT2D eigenvalue weighted by atomic mass is 10.5. The fourth-order valence-corrected chi connectivity index (χ4v) is 2.23. The molecule has 18 heavy (non-hydrogen) atoms. The lowest BCUT2D eigenvalue weighted by Gasteiger charge is -2.04. The summed E-state index contributed by atoms with van der Waals surface area (Å²) in [6.45, 7) is 0.420. The van der Waals surface area contributed by atoms with Crippen molar-refractivity contribution < 1.29 is 27.8 Å². The summed E-state index contributed by atoms with van der Waals surface area (Å²) in [6.07, 6.45) is 0.493. The SMILES string of the molecule is O=S(=O)(NCCCOCCO)c1ccc(CO)o1. The summed E-state index contributed by atoms with van der Waals surface area (Å²) < 4.78 is 35.6. The molecule has 0 aromatic carbocycles. The Balaban J connectivity index is 2.36. The maximum absolute atomic E-state index is 11.7. The highest BCUT2D eigenvalue weighted by molar-refractivity contribution is 7.89. The average molecular weight is 279 g/mol. The number of furan rings is 1. The van der Waals surface area contributed by atoms with Crippen molar-refractivity contribution in [1.82, 2.24) is 4.72 Å². The number of nitrogens with one attached hydrogen (secondary N) is 1. The van der Waals surface area contributed by atoms with Crippen LogP contribution < -0.4 is 4.72 Å². The number of sulfonamides is 1. The molecule has 0 aliphatic carbocycles. The average Bonchev–Trinajstić information content (AvgIpc) is 2.83. The van der Waals surface area contributed by atoms with Crippen LogP contribution in [0.3, 0.4) is 0 Å². The van der Waals surface area contributed by atoms with Gasteiger partial charge in [0.2, 0.25) is 5.09 Å². The molecule has 0 radical (unpaired) electrons. The molecule has 1 rings (SSSR count). The van der Waals surface area contributed by atoms with E-state index in [0.29, 0.717) is 13.0 Å². The zero-order valence-electron chi connectivity index (χ0n) is 9.83. The fraction of sp³-hybridized carbons (Fsp3) is 0.600. The Kier molecular flexibility index (Phi) is 6.30. The molecule has 0 amide bonds. The van der Waals surface area contributed by atoms with Crippen molar-refractivity contribution in [3.63, 3.8) is 0 Å². The van der Waals surface area contributed by atoms with Crippen LogP contribution in [-0.2, 0) is 21.4 Å². The van der Waals surface area contributed by atoms with Gasteiger partial charge in [0, 0.05) is 13.2 Å². The van der Waals surface area contributed by atoms with Gasteiger partial charge in [0.15, 0.2) is 0 Å². The van der Waals surface area contributed by atoms with Gasteiger partial charge in [-0.05, 0) is 18.6 Å². The van der Waals surface area contributed by atoms with Crippen LogP contribution in [0.4, 0.5) is 0 Å². The molecule has 0 saturated carbocycles. The largest absolute Gasteiger partial charge is 0.446 e. The molecular weight excluding hydrogens is 262 g/mol. The van der Waals surface area contributed by atoms with Gasteiger partial charge in [-0.1, -0.05) is 0 Å². The number of aliphatic hydroxyl groups excluding tert-OH is 2. The van der Waals surface area contributed by atoms with Crippen molar-refractivity contribution in [2.75, 3.05) is 26.4 Å². The molecule has 0 fully saturated rings. The van der Waals surface area contributed by atoms with Crippen LogP contribution in [0.5, 0.6) is 0 Å². The lowest BCUT2D eigenvalue weighted by molar-refractivity contribution is 0.0913. The number of hydrogen-bond donors (Lipinski definition) is 3. The zero-order chi connectivity index (χ0) is 13.4.